The van der Waals surface area contributed by atoms with Crippen molar-refractivity contribution in [2.24, 2.45) is 0 Å². The lowest BCUT2D eigenvalue weighted by Gasteiger charge is -2.11. The zero-order valence-corrected chi connectivity index (χ0v) is 16.5. The molecule has 146 valence electrons. The van der Waals surface area contributed by atoms with E-state index in [2.05, 4.69) is 15.5 Å². The third-order valence-electron chi connectivity index (χ3n) is 4.90. The minimum Gasteiger partial charge on any atom is -0.489 e. The monoisotopic (exact) mass is 387 g/mol. The molecular formula is C23H21N3O3. The molecule has 6 heteroatoms. The number of anilines is 1. The summed E-state index contributed by atoms with van der Waals surface area (Å²) < 4.78 is 10.9. The number of nitrogens with one attached hydrogen (secondary N) is 1. The summed E-state index contributed by atoms with van der Waals surface area (Å²) in [5.74, 6) is 1.24. The fourth-order valence-corrected chi connectivity index (χ4v) is 3.18. The molecule has 1 N–H and O–H groups in total. The van der Waals surface area contributed by atoms with Crippen LogP contribution in [-0.2, 0) is 6.61 Å². The van der Waals surface area contributed by atoms with Crippen LogP contribution in [0.1, 0.15) is 32.9 Å². The predicted molar refractivity (Wildman–Crippen MR) is 111 cm³/mol. The summed E-state index contributed by atoms with van der Waals surface area (Å²) in [6.45, 7) is 6.11. The number of carbonyl (C=O) groups excluding carboxylic acids is 1. The normalized spacial score (nSPS) is 10.9. The Morgan fingerprint density at radius 3 is 2.59 bits per heavy atom. The molecule has 1 amide bonds. The molecule has 6 nitrogen and oxygen atoms in total. The van der Waals surface area contributed by atoms with Crippen LogP contribution in [0, 0.1) is 20.8 Å². The molecule has 0 aliphatic carbocycles. The molecule has 0 aliphatic rings. The number of amides is 1. The Hall–Kier alpha value is -3.67. The van der Waals surface area contributed by atoms with Crippen LogP contribution in [0.2, 0.25) is 0 Å². The maximum Gasteiger partial charge on any atom is 0.255 e. The highest BCUT2D eigenvalue weighted by atomic mass is 16.5. The van der Waals surface area contributed by atoms with Crippen LogP contribution in [0.15, 0.2) is 59.3 Å². The molecule has 4 rings (SSSR count). The van der Waals surface area contributed by atoms with Gasteiger partial charge in [-0.15, -0.1) is 0 Å². The van der Waals surface area contributed by atoms with Crippen molar-refractivity contribution in [1.29, 1.82) is 0 Å². The number of aryl methyl sites for hydroxylation is 3. The average molecular weight is 387 g/mol. The van der Waals surface area contributed by atoms with E-state index in [1.165, 1.54) is 0 Å². The number of hydrogen-bond donors (Lipinski definition) is 1. The molecule has 0 unspecified atom stereocenters. The molecule has 0 fully saturated rings. The SMILES string of the molecule is Cc1noc(C)c1COc1ccc(C(=O)Nc2ccc(C)c3ncccc23)cc1. The molecule has 0 radical (unpaired) electrons. The van der Waals surface area contributed by atoms with E-state index in [0.717, 1.165) is 39.2 Å². The van der Waals surface area contributed by atoms with E-state index < -0.39 is 0 Å². The second-order valence-electron chi connectivity index (χ2n) is 6.90. The lowest BCUT2D eigenvalue weighted by Crippen LogP contribution is -2.12. The summed E-state index contributed by atoms with van der Waals surface area (Å²) in [6.07, 6.45) is 1.75. The molecule has 2 aromatic heterocycles. The van der Waals surface area contributed by atoms with E-state index in [1.807, 2.05) is 45.0 Å². The van der Waals surface area contributed by atoms with Crippen molar-refractivity contribution in [3.8, 4) is 5.75 Å². The standard InChI is InChI=1S/C23H21N3O3/c1-14-6-11-21(19-5-4-12-24-22(14)19)25-23(27)17-7-9-18(10-8-17)28-13-20-15(2)26-29-16(20)3/h4-12H,13H2,1-3H3,(H,25,27). The van der Waals surface area contributed by atoms with Crippen LogP contribution in [0.3, 0.4) is 0 Å². The van der Waals surface area contributed by atoms with Crippen LogP contribution < -0.4 is 10.1 Å². The first-order valence-corrected chi connectivity index (χ1v) is 9.33. The summed E-state index contributed by atoms with van der Waals surface area (Å²) in [6, 6.07) is 14.7. The van der Waals surface area contributed by atoms with Gasteiger partial charge in [-0.05, 0) is 68.8 Å². The van der Waals surface area contributed by atoms with E-state index in [1.54, 1.807) is 30.5 Å². The van der Waals surface area contributed by atoms with Crippen LogP contribution >= 0.6 is 0 Å². The zero-order valence-electron chi connectivity index (χ0n) is 16.5. The fourth-order valence-electron chi connectivity index (χ4n) is 3.18. The Morgan fingerprint density at radius 1 is 1.07 bits per heavy atom. The third kappa shape index (κ3) is 3.82. The zero-order chi connectivity index (χ0) is 20.4. The number of ether oxygens (including phenoxy) is 1. The first-order chi connectivity index (χ1) is 14.0. The minimum absolute atomic E-state index is 0.184. The number of nitrogens with zero attached hydrogens (tertiary/aromatic N) is 2. The van der Waals surface area contributed by atoms with Gasteiger partial charge < -0.3 is 14.6 Å². The van der Waals surface area contributed by atoms with Crippen LogP contribution in [0.25, 0.3) is 10.9 Å². The van der Waals surface area contributed by atoms with Crippen LogP contribution in [0.4, 0.5) is 5.69 Å². The van der Waals surface area contributed by atoms with Gasteiger partial charge in [-0.1, -0.05) is 11.2 Å². The van der Waals surface area contributed by atoms with Gasteiger partial charge in [0.2, 0.25) is 0 Å². The highest BCUT2D eigenvalue weighted by molar-refractivity contribution is 6.09. The van der Waals surface area contributed by atoms with Gasteiger partial charge in [-0.3, -0.25) is 9.78 Å². The Morgan fingerprint density at radius 2 is 1.86 bits per heavy atom. The summed E-state index contributed by atoms with van der Waals surface area (Å²) in [7, 11) is 0. The summed E-state index contributed by atoms with van der Waals surface area (Å²) >= 11 is 0. The van der Waals surface area contributed by atoms with E-state index in [9.17, 15) is 4.79 Å². The van der Waals surface area contributed by atoms with Gasteiger partial charge in [0.15, 0.2) is 0 Å². The third-order valence-corrected chi connectivity index (χ3v) is 4.90. The number of pyridine rings is 1. The van der Waals surface area contributed by atoms with E-state index in [0.29, 0.717) is 17.9 Å². The maximum absolute atomic E-state index is 12.7. The summed E-state index contributed by atoms with van der Waals surface area (Å²) in [5, 5.41) is 7.81. The molecule has 0 bridgehead atoms. The quantitative estimate of drug-likeness (QED) is 0.523. The molecule has 0 atom stereocenters. The summed E-state index contributed by atoms with van der Waals surface area (Å²) in [5.41, 5.74) is 4.99. The number of fused-ring (bicyclic) bond motifs is 1. The lowest BCUT2D eigenvalue weighted by atomic mass is 10.1. The average Bonchev–Trinajstić information content (AvgIpc) is 3.06. The minimum atomic E-state index is -0.184. The van der Waals surface area contributed by atoms with Gasteiger partial charge in [0.25, 0.3) is 5.91 Å². The van der Waals surface area contributed by atoms with Crippen molar-refractivity contribution in [1.82, 2.24) is 10.1 Å². The molecular weight excluding hydrogens is 366 g/mol. The number of aromatic nitrogens is 2. The number of rotatable bonds is 5. The fraction of sp³-hybridized carbons (Fsp3) is 0.174. The smallest absolute Gasteiger partial charge is 0.255 e. The highest BCUT2D eigenvalue weighted by Crippen LogP contribution is 2.25. The molecule has 0 saturated heterocycles. The van der Waals surface area contributed by atoms with Crippen molar-refractivity contribution >= 4 is 22.5 Å². The second-order valence-corrected chi connectivity index (χ2v) is 6.90. The highest BCUT2D eigenvalue weighted by Gasteiger charge is 2.12. The van der Waals surface area contributed by atoms with Crippen molar-refractivity contribution in [3.63, 3.8) is 0 Å². The predicted octanol–water partition coefficient (Wildman–Crippen LogP) is 4.98. The maximum atomic E-state index is 12.7. The van der Waals surface area contributed by atoms with Crippen LogP contribution in [-0.4, -0.2) is 16.0 Å². The Balaban J connectivity index is 1.47. The Bertz CT molecular complexity index is 1160. The van der Waals surface area contributed by atoms with E-state index >= 15 is 0 Å². The number of carbonyl (C=O) groups is 1. The van der Waals surface area contributed by atoms with E-state index in [4.69, 9.17) is 9.26 Å². The Kier molecular flexibility index (Phi) is 4.99. The van der Waals surface area contributed by atoms with Gasteiger partial charge in [-0.2, -0.15) is 0 Å². The molecule has 2 heterocycles. The molecule has 29 heavy (non-hydrogen) atoms. The Labute approximate surface area is 168 Å². The van der Waals surface area contributed by atoms with Crippen molar-refractivity contribution in [2.75, 3.05) is 5.32 Å². The molecule has 2 aromatic carbocycles. The topological polar surface area (TPSA) is 77.2 Å². The first-order valence-electron chi connectivity index (χ1n) is 9.33. The van der Waals surface area contributed by atoms with Gasteiger partial charge in [0.1, 0.15) is 18.1 Å². The summed E-state index contributed by atoms with van der Waals surface area (Å²) in [4.78, 5) is 17.1. The molecule has 0 aliphatic heterocycles. The molecule has 4 aromatic rings. The number of hydrogen-bond acceptors (Lipinski definition) is 5. The molecule has 0 saturated carbocycles. The van der Waals surface area contributed by atoms with Gasteiger partial charge in [0, 0.05) is 17.1 Å². The second kappa shape index (κ2) is 7.75. The van der Waals surface area contributed by atoms with Crippen molar-refractivity contribution in [2.45, 2.75) is 27.4 Å². The van der Waals surface area contributed by atoms with Gasteiger partial charge >= 0.3 is 0 Å². The first kappa shape index (κ1) is 18.7. The van der Waals surface area contributed by atoms with Gasteiger partial charge in [0.05, 0.1) is 22.5 Å². The molecule has 0 spiro atoms. The largest absolute Gasteiger partial charge is 0.489 e. The van der Waals surface area contributed by atoms with E-state index in [-0.39, 0.29) is 5.91 Å². The van der Waals surface area contributed by atoms with Crippen molar-refractivity contribution in [3.05, 3.63) is 82.9 Å². The van der Waals surface area contributed by atoms with Crippen LogP contribution in [0.5, 0.6) is 5.75 Å². The van der Waals surface area contributed by atoms with Crippen molar-refractivity contribution < 1.29 is 14.1 Å². The van der Waals surface area contributed by atoms with Gasteiger partial charge in [-0.25, -0.2) is 0 Å². The lowest BCUT2D eigenvalue weighted by molar-refractivity contribution is 0.102. The number of benzene rings is 2.